The van der Waals surface area contributed by atoms with Gasteiger partial charge in [0, 0.05) is 28.4 Å². The second-order valence-electron chi connectivity index (χ2n) is 6.16. The quantitative estimate of drug-likeness (QED) is 0.404. The van der Waals surface area contributed by atoms with E-state index in [0.717, 1.165) is 27.0 Å². The number of hydrogen-bond donors (Lipinski definition) is 0. The molecule has 0 aromatic carbocycles. The Labute approximate surface area is 148 Å². The molecule has 4 nitrogen and oxygen atoms in total. The zero-order valence-electron chi connectivity index (χ0n) is 13.3. The summed E-state index contributed by atoms with van der Waals surface area (Å²) < 4.78 is 2.10. The monoisotopic (exact) mass is 352 g/mol. The van der Waals surface area contributed by atoms with Gasteiger partial charge in [0.05, 0.1) is 5.69 Å². The van der Waals surface area contributed by atoms with Crippen molar-refractivity contribution in [1.82, 2.24) is 19.4 Å². The van der Waals surface area contributed by atoms with Gasteiger partial charge >= 0.3 is 0 Å². The van der Waals surface area contributed by atoms with Crippen LogP contribution in [0.5, 0.6) is 0 Å². The predicted molar refractivity (Wildman–Crippen MR) is 98.9 cm³/mol. The van der Waals surface area contributed by atoms with Crippen LogP contribution in [-0.2, 0) is 18.6 Å². The highest BCUT2D eigenvalue weighted by Gasteiger charge is 2.21. The third-order valence-corrected chi connectivity index (χ3v) is 6.77. The van der Waals surface area contributed by atoms with Crippen molar-refractivity contribution in [2.75, 3.05) is 0 Å². The van der Waals surface area contributed by atoms with E-state index in [1.807, 2.05) is 11.3 Å². The lowest BCUT2D eigenvalue weighted by Crippen LogP contribution is -1.88. The lowest BCUT2D eigenvalue weighted by Gasteiger charge is -2.02. The summed E-state index contributed by atoms with van der Waals surface area (Å²) in [7, 11) is 0. The highest BCUT2D eigenvalue weighted by molar-refractivity contribution is 7.98. The molecule has 0 amide bonds. The van der Waals surface area contributed by atoms with Crippen LogP contribution in [0.15, 0.2) is 35.9 Å². The van der Waals surface area contributed by atoms with Gasteiger partial charge in [0.25, 0.3) is 0 Å². The minimum absolute atomic E-state index is 0.831. The van der Waals surface area contributed by atoms with E-state index in [0.29, 0.717) is 0 Å². The van der Waals surface area contributed by atoms with Crippen LogP contribution >= 0.6 is 23.1 Å². The van der Waals surface area contributed by atoms with E-state index < -0.39 is 0 Å². The van der Waals surface area contributed by atoms with Crippen LogP contribution in [0.2, 0.25) is 0 Å². The van der Waals surface area contributed by atoms with E-state index in [4.69, 9.17) is 4.98 Å². The molecule has 6 heteroatoms. The minimum Gasteiger partial charge on any atom is -0.307 e. The molecule has 0 N–H and O–H groups in total. The van der Waals surface area contributed by atoms with E-state index >= 15 is 0 Å². The fraction of sp³-hybridized carbons (Fsp3) is 0.278. The minimum atomic E-state index is 0.831. The molecular formula is C18H16N4S2. The maximum absolute atomic E-state index is 4.77. The fourth-order valence-electron chi connectivity index (χ4n) is 3.43. The molecule has 4 heterocycles. The Balaban J connectivity index is 1.49. The maximum atomic E-state index is 4.77. The van der Waals surface area contributed by atoms with Crippen molar-refractivity contribution in [3.8, 4) is 0 Å². The second kappa shape index (κ2) is 5.57. The van der Waals surface area contributed by atoms with Crippen LogP contribution < -0.4 is 0 Å². The highest BCUT2D eigenvalue weighted by atomic mass is 32.2. The SMILES string of the molecule is Cc1cccn2cc(CSc3ncnc4sc5c(c34)CCC5)nc12. The molecule has 0 unspecified atom stereocenters. The summed E-state index contributed by atoms with van der Waals surface area (Å²) in [6.45, 7) is 2.10. The first-order chi connectivity index (χ1) is 11.8. The molecule has 24 heavy (non-hydrogen) atoms. The van der Waals surface area contributed by atoms with Gasteiger partial charge in [-0.15, -0.1) is 11.3 Å². The summed E-state index contributed by atoms with van der Waals surface area (Å²) in [5, 5.41) is 2.40. The number of pyridine rings is 1. The van der Waals surface area contributed by atoms with Crippen LogP contribution in [0.3, 0.4) is 0 Å². The Hall–Kier alpha value is -1.92. The number of hydrogen-bond acceptors (Lipinski definition) is 5. The van der Waals surface area contributed by atoms with E-state index in [1.54, 1.807) is 18.1 Å². The van der Waals surface area contributed by atoms with Crippen LogP contribution in [0, 0.1) is 6.92 Å². The summed E-state index contributed by atoms with van der Waals surface area (Å²) in [6, 6.07) is 4.16. The van der Waals surface area contributed by atoms with Gasteiger partial charge in [-0.25, -0.2) is 15.0 Å². The van der Waals surface area contributed by atoms with Gasteiger partial charge in [-0.1, -0.05) is 17.8 Å². The molecule has 4 aromatic rings. The van der Waals surface area contributed by atoms with Crippen LogP contribution in [0.25, 0.3) is 15.9 Å². The average molecular weight is 352 g/mol. The van der Waals surface area contributed by atoms with Crippen molar-refractivity contribution >= 4 is 39.0 Å². The van der Waals surface area contributed by atoms with E-state index in [1.165, 1.54) is 40.7 Å². The summed E-state index contributed by atoms with van der Waals surface area (Å²) in [5.41, 5.74) is 4.82. The van der Waals surface area contributed by atoms with Gasteiger partial charge < -0.3 is 4.40 Å². The van der Waals surface area contributed by atoms with Gasteiger partial charge in [0.15, 0.2) is 0 Å². The third kappa shape index (κ3) is 2.24. The molecule has 0 atom stereocenters. The first kappa shape index (κ1) is 14.4. The normalized spacial score (nSPS) is 13.9. The third-order valence-electron chi connectivity index (χ3n) is 4.55. The van der Waals surface area contributed by atoms with Crippen LogP contribution in [0.1, 0.15) is 28.1 Å². The van der Waals surface area contributed by atoms with E-state index in [2.05, 4.69) is 45.8 Å². The number of thioether (sulfide) groups is 1. The van der Waals surface area contributed by atoms with Crippen LogP contribution in [-0.4, -0.2) is 19.4 Å². The molecule has 0 bridgehead atoms. The molecule has 0 saturated heterocycles. The smallest absolute Gasteiger partial charge is 0.139 e. The van der Waals surface area contributed by atoms with Crippen molar-refractivity contribution in [2.45, 2.75) is 37.0 Å². The largest absolute Gasteiger partial charge is 0.307 e. The van der Waals surface area contributed by atoms with Crippen LogP contribution in [0.4, 0.5) is 0 Å². The number of imidazole rings is 1. The Morgan fingerprint density at radius 2 is 2.25 bits per heavy atom. The molecule has 4 aromatic heterocycles. The lowest BCUT2D eigenvalue weighted by molar-refractivity contribution is 0.915. The zero-order valence-corrected chi connectivity index (χ0v) is 15.0. The molecule has 5 rings (SSSR count). The molecule has 0 spiro atoms. The zero-order chi connectivity index (χ0) is 16.1. The molecule has 0 aliphatic heterocycles. The maximum Gasteiger partial charge on any atom is 0.139 e. The summed E-state index contributed by atoms with van der Waals surface area (Å²) in [5.74, 6) is 0.831. The van der Waals surface area contributed by atoms with Crippen molar-refractivity contribution in [1.29, 1.82) is 0 Å². The molecular weight excluding hydrogens is 336 g/mol. The molecule has 0 saturated carbocycles. The topological polar surface area (TPSA) is 43.1 Å². The van der Waals surface area contributed by atoms with Gasteiger partial charge in [-0.05, 0) is 43.4 Å². The predicted octanol–water partition coefficient (Wildman–Crippen LogP) is 4.43. The number of rotatable bonds is 3. The Morgan fingerprint density at radius 1 is 1.29 bits per heavy atom. The molecule has 1 aliphatic rings. The van der Waals surface area contributed by atoms with Gasteiger partial charge in [-0.2, -0.15) is 0 Å². The van der Waals surface area contributed by atoms with Crippen molar-refractivity contribution in [2.24, 2.45) is 0 Å². The van der Waals surface area contributed by atoms with Crippen molar-refractivity contribution in [3.05, 3.63) is 52.6 Å². The van der Waals surface area contributed by atoms with Crippen molar-refractivity contribution in [3.63, 3.8) is 0 Å². The fourth-order valence-corrected chi connectivity index (χ4v) is 5.63. The highest BCUT2D eigenvalue weighted by Crippen LogP contribution is 2.40. The second-order valence-corrected chi connectivity index (χ2v) is 8.21. The number of fused-ring (bicyclic) bond motifs is 4. The molecule has 0 radical (unpaired) electrons. The number of thiophene rings is 1. The number of aromatic nitrogens is 4. The summed E-state index contributed by atoms with van der Waals surface area (Å²) in [6.07, 6.45) is 9.51. The number of aryl methyl sites for hydroxylation is 3. The van der Waals surface area contributed by atoms with Crippen molar-refractivity contribution < 1.29 is 0 Å². The molecule has 1 aliphatic carbocycles. The van der Waals surface area contributed by atoms with E-state index in [9.17, 15) is 0 Å². The van der Waals surface area contributed by atoms with Gasteiger partial charge in [-0.3, -0.25) is 0 Å². The summed E-state index contributed by atoms with van der Waals surface area (Å²) in [4.78, 5) is 16.5. The standard InChI is InChI=1S/C18H16N4S2/c1-11-4-3-7-22-8-12(21-16(11)22)9-23-17-15-13-5-2-6-14(13)24-18(15)20-10-19-17/h3-4,7-8,10H,2,5-6,9H2,1H3. The summed E-state index contributed by atoms with van der Waals surface area (Å²) >= 11 is 3.62. The average Bonchev–Trinajstić information content (AvgIpc) is 3.26. The Morgan fingerprint density at radius 3 is 3.17 bits per heavy atom. The lowest BCUT2D eigenvalue weighted by atomic mass is 10.2. The van der Waals surface area contributed by atoms with E-state index in [-0.39, 0.29) is 0 Å². The number of nitrogens with zero attached hydrogens (tertiary/aromatic N) is 4. The first-order valence-electron chi connectivity index (χ1n) is 8.11. The Bertz CT molecular complexity index is 1060. The molecule has 120 valence electrons. The van der Waals surface area contributed by atoms with Gasteiger partial charge in [0.2, 0.25) is 0 Å². The molecule has 0 fully saturated rings. The van der Waals surface area contributed by atoms with Gasteiger partial charge in [0.1, 0.15) is 21.8 Å². The first-order valence-corrected chi connectivity index (χ1v) is 9.91. The Kier molecular flexibility index (Phi) is 3.35.